The van der Waals surface area contributed by atoms with Crippen molar-refractivity contribution < 1.29 is 13.2 Å². The van der Waals surface area contributed by atoms with E-state index >= 15 is 0 Å². The maximum atomic E-state index is 13.1. The molecule has 1 N–H and O–H groups in total. The van der Waals surface area contributed by atoms with Gasteiger partial charge in [0.15, 0.2) is 0 Å². The molecule has 0 unspecified atom stereocenters. The topological polar surface area (TPSA) is 45.5 Å². The number of nitrogens with one attached hydrogen (secondary N) is 1. The maximum Gasteiger partial charge on any atom is 0.416 e. The molecule has 0 aliphatic carbocycles. The summed E-state index contributed by atoms with van der Waals surface area (Å²) in [5, 5.41) is 8.09. The number of alkyl halides is 3. The molecule has 1 saturated heterocycles. The van der Waals surface area contributed by atoms with Crippen LogP contribution < -0.4 is 10.2 Å². The van der Waals surface area contributed by atoms with Gasteiger partial charge in [-0.25, -0.2) is 9.50 Å². The smallest absolute Gasteiger partial charge is 0.353 e. The second-order valence-electron chi connectivity index (χ2n) is 7.20. The summed E-state index contributed by atoms with van der Waals surface area (Å²) in [5.74, 6) is 0.703. The molecule has 0 radical (unpaired) electrons. The van der Waals surface area contributed by atoms with E-state index in [0.29, 0.717) is 39.7 Å². The summed E-state index contributed by atoms with van der Waals surface area (Å²) < 4.78 is 40.8. The first-order valence-corrected chi connectivity index (χ1v) is 9.32. The second-order valence-corrected chi connectivity index (χ2v) is 7.64. The van der Waals surface area contributed by atoms with Crippen LogP contribution in [0.2, 0.25) is 5.02 Å². The third kappa shape index (κ3) is 3.66. The molecular formula is C19H19ClF3N5. The molecule has 0 saturated carbocycles. The van der Waals surface area contributed by atoms with Crippen molar-refractivity contribution in [1.29, 1.82) is 0 Å². The number of hydrogen-bond acceptors (Lipinski definition) is 4. The highest BCUT2D eigenvalue weighted by Crippen LogP contribution is 2.33. The quantitative estimate of drug-likeness (QED) is 0.687. The summed E-state index contributed by atoms with van der Waals surface area (Å²) in [7, 11) is 0. The van der Waals surface area contributed by atoms with Gasteiger partial charge in [-0.2, -0.15) is 18.3 Å². The van der Waals surface area contributed by atoms with E-state index in [1.807, 2.05) is 0 Å². The Balaban J connectivity index is 1.78. The van der Waals surface area contributed by atoms with Gasteiger partial charge in [-0.1, -0.05) is 11.6 Å². The fourth-order valence-corrected chi connectivity index (χ4v) is 3.85. The monoisotopic (exact) mass is 409 g/mol. The molecule has 0 bridgehead atoms. The zero-order valence-electron chi connectivity index (χ0n) is 15.3. The van der Waals surface area contributed by atoms with Gasteiger partial charge in [0, 0.05) is 42.0 Å². The molecule has 148 valence electrons. The zero-order valence-corrected chi connectivity index (χ0v) is 16.1. The second kappa shape index (κ2) is 6.93. The Bertz CT molecular complexity index is 1010. The first-order chi connectivity index (χ1) is 13.2. The Kier molecular flexibility index (Phi) is 4.71. The van der Waals surface area contributed by atoms with Crippen molar-refractivity contribution in [3.05, 3.63) is 47.2 Å². The lowest BCUT2D eigenvalue weighted by Gasteiger charge is -2.37. The minimum absolute atomic E-state index is 0.291. The van der Waals surface area contributed by atoms with Crippen LogP contribution in [0.4, 0.5) is 19.0 Å². The number of anilines is 1. The number of hydrogen-bond donors (Lipinski definition) is 1. The van der Waals surface area contributed by atoms with Crippen LogP contribution in [0.15, 0.2) is 36.7 Å². The van der Waals surface area contributed by atoms with Crippen molar-refractivity contribution in [2.45, 2.75) is 32.1 Å². The van der Waals surface area contributed by atoms with Crippen molar-refractivity contribution >= 4 is 22.9 Å². The predicted molar refractivity (Wildman–Crippen MR) is 103 cm³/mol. The lowest BCUT2D eigenvalue weighted by atomic mass is 10.1. The molecular weight excluding hydrogens is 391 g/mol. The number of piperazine rings is 1. The van der Waals surface area contributed by atoms with E-state index in [2.05, 4.69) is 34.1 Å². The van der Waals surface area contributed by atoms with E-state index < -0.39 is 11.7 Å². The van der Waals surface area contributed by atoms with Gasteiger partial charge in [0.1, 0.15) is 5.82 Å². The average molecular weight is 410 g/mol. The van der Waals surface area contributed by atoms with Crippen LogP contribution in [0, 0.1) is 0 Å². The summed E-state index contributed by atoms with van der Waals surface area (Å²) in [6.45, 7) is 5.73. The standard InChI is InChI=1S/C19H19ClF3N5/c1-11-9-27(10-12(2)25-11)18-7-14(20)6-16(26-18)15-8-24-28-4-3-13(5-17(15)28)19(21,22)23/h3-8,11-12,25H,9-10H2,1-2H3/t11-,12+. The molecule has 9 heteroatoms. The largest absolute Gasteiger partial charge is 0.416 e. The summed E-state index contributed by atoms with van der Waals surface area (Å²) in [4.78, 5) is 6.82. The highest BCUT2D eigenvalue weighted by molar-refractivity contribution is 6.31. The Morgan fingerprint density at radius 3 is 2.54 bits per heavy atom. The number of nitrogens with zero attached hydrogens (tertiary/aromatic N) is 4. The van der Waals surface area contributed by atoms with Gasteiger partial charge in [-0.15, -0.1) is 0 Å². The molecule has 1 fully saturated rings. The first-order valence-electron chi connectivity index (χ1n) is 8.94. The van der Waals surface area contributed by atoms with Crippen LogP contribution in [0.3, 0.4) is 0 Å². The Labute approximate surface area is 165 Å². The molecule has 0 aromatic carbocycles. The van der Waals surface area contributed by atoms with Crippen molar-refractivity contribution in [2.24, 2.45) is 0 Å². The van der Waals surface area contributed by atoms with Gasteiger partial charge in [0.2, 0.25) is 0 Å². The highest BCUT2D eigenvalue weighted by atomic mass is 35.5. The first kappa shape index (κ1) is 19.0. The lowest BCUT2D eigenvalue weighted by molar-refractivity contribution is -0.137. The van der Waals surface area contributed by atoms with Crippen LogP contribution in [0.1, 0.15) is 19.4 Å². The third-order valence-electron chi connectivity index (χ3n) is 4.78. The number of pyridine rings is 2. The van der Waals surface area contributed by atoms with Crippen molar-refractivity contribution in [1.82, 2.24) is 19.9 Å². The third-order valence-corrected chi connectivity index (χ3v) is 5.00. The van der Waals surface area contributed by atoms with Gasteiger partial charge in [0.25, 0.3) is 0 Å². The molecule has 4 rings (SSSR count). The van der Waals surface area contributed by atoms with E-state index in [1.165, 1.54) is 16.9 Å². The normalized spacial score (nSPS) is 20.7. The highest BCUT2D eigenvalue weighted by Gasteiger charge is 2.31. The average Bonchev–Trinajstić information content (AvgIpc) is 3.03. The predicted octanol–water partition coefficient (Wildman–Crippen LogP) is 4.26. The minimum atomic E-state index is -4.43. The van der Waals surface area contributed by atoms with Gasteiger partial charge in [-0.3, -0.25) is 0 Å². The number of aromatic nitrogens is 3. The number of halogens is 4. The van der Waals surface area contributed by atoms with Gasteiger partial charge in [-0.05, 0) is 38.1 Å². The van der Waals surface area contributed by atoms with Crippen molar-refractivity contribution in [2.75, 3.05) is 18.0 Å². The molecule has 2 atom stereocenters. The fraction of sp³-hybridized carbons (Fsp3) is 0.368. The van der Waals surface area contributed by atoms with E-state index in [4.69, 9.17) is 11.6 Å². The van der Waals surface area contributed by atoms with E-state index in [9.17, 15) is 13.2 Å². The van der Waals surface area contributed by atoms with Gasteiger partial charge < -0.3 is 10.2 Å². The van der Waals surface area contributed by atoms with Crippen molar-refractivity contribution in [3.8, 4) is 11.3 Å². The number of rotatable bonds is 2. The molecule has 1 aliphatic rings. The van der Waals surface area contributed by atoms with E-state index in [-0.39, 0.29) is 0 Å². The number of fused-ring (bicyclic) bond motifs is 1. The Morgan fingerprint density at radius 1 is 1.14 bits per heavy atom. The van der Waals surface area contributed by atoms with Crippen LogP contribution in [-0.4, -0.2) is 39.8 Å². The molecule has 1 aliphatic heterocycles. The van der Waals surface area contributed by atoms with Crippen LogP contribution in [-0.2, 0) is 6.18 Å². The molecule has 28 heavy (non-hydrogen) atoms. The summed E-state index contributed by atoms with van der Waals surface area (Å²) in [5.41, 5.74) is 0.605. The molecule has 0 amide bonds. The fourth-order valence-electron chi connectivity index (χ4n) is 3.65. The Hall–Kier alpha value is -2.32. The summed E-state index contributed by atoms with van der Waals surface area (Å²) in [6, 6.07) is 6.10. The zero-order chi connectivity index (χ0) is 20.1. The summed E-state index contributed by atoms with van der Waals surface area (Å²) in [6.07, 6.45) is -1.61. The molecule has 3 aromatic rings. The SMILES string of the molecule is C[C@@H]1CN(c2cc(Cl)cc(-c3cnn4ccc(C(F)(F)F)cc34)n2)C[C@H](C)N1. The van der Waals surface area contributed by atoms with Crippen LogP contribution in [0.5, 0.6) is 0 Å². The maximum absolute atomic E-state index is 13.1. The van der Waals surface area contributed by atoms with E-state index in [1.54, 1.807) is 12.1 Å². The van der Waals surface area contributed by atoms with Crippen LogP contribution >= 0.6 is 11.6 Å². The minimum Gasteiger partial charge on any atom is -0.353 e. The van der Waals surface area contributed by atoms with Crippen molar-refractivity contribution in [3.63, 3.8) is 0 Å². The molecule has 4 heterocycles. The van der Waals surface area contributed by atoms with Crippen LogP contribution in [0.25, 0.3) is 16.8 Å². The molecule has 3 aromatic heterocycles. The van der Waals surface area contributed by atoms with Gasteiger partial charge >= 0.3 is 6.18 Å². The van der Waals surface area contributed by atoms with Gasteiger partial charge in [0.05, 0.1) is 23.0 Å². The lowest BCUT2D eigenvalue weighted by Crippen LogP contribution is -2.54. The summed E-state index contributed by atoms with van der Waals surface area (Å²) >= 11 is 6.32. The molecule has 0 spiro atoms. The van der Waals surface area contributed by atoms with E-state index in [0.717, 1.165) is 25.2 Å². The Morgan fingerprint density at radius 2 is 1.86 bits per heavy atom. The molecule has 5 nitrogen and oxygen atoms in total.